The van der Waals surface area contributed by atoms with E-state index in [4.69, 9.17) is 0 Å². The molecule has 232 valence electrons. The maximum absolute atomic E-state index is 13.4. The average molecular weight is 628 g/mol. The van der Waals surface area contributed by atoms with Gasteiger partial charge in [-0.15, -0.1) is 11.3 Å². The summed E-state index contributed by atoms with van der Waals surface area (Å²) < 4.78 is 42.2. The van der Waals surface area contributed by atoms with E-state index in [0.29, 0.717) is 47.0 Å². The zero-order valence-electron chi connectivity index (χ0n) is 24.3. The molecule has 0 aliphatic carbocycles. The predicted molar refractivity (Wildman–Crippen MR) is 164 cm³/mol. The number of pyridine rings is 2. The number of thiazole rings is 1. The number of piperazine rings is 1. The van der Waals surface area contributed by atoms with Gasteiger partial charge in [-0.1, -0.05) is 13.0 Å². The lowest BCUT2D eigenvalue weighted by Gasteiger charge is -2.32. The van der Waals surface area contributed by atoms with E-state index < -0.39 is 23.3 Å². The molecule has 0 spiro atoms. The van der Waals surface area contributed by atoms with Crippen LogP contribution in [0.2, 0.25) is 0 Å². The van der Waals surface area contributed by atoms with Crippen molar-refractivity contribution in [3.05, 3.63) is 63.5 Å². The van der Waals surface area contributed by atoms with E-state index >= 15 is 0 Å². The number of halogens is 3. The fourth-order valence-corrected chi connectivity index (χ4v) is 5.89. The molecule has 2 N–H and O–H groups in total. The van der Waals surface area contributed by atoms with Gasteiger partial charge in [0.1, 0.15) is 10.8 Å². The van der Waals surface area contributed by atoms with Crippen LogP contribution in [-0.4, -0.2) is 83.0 Å². The van der Waals surface area contributed by atoms with Crippen molar-refractivity contribution >= 4 is 40.4 Å². The first-order chi connectivity index (χ1) is 21.1. The molecule has 44 heavy (non-hydrogen) atoms. The number of hydrogen-bond acceptors (Lipinski definition) is 8. The number of aromatic nitrogens is 3. The molecule has 0 saturated carbocycles. The monoisotopic (exact) mass is 627 g/mol. The lowest BCUT2D eigenvalue weighted by molar-refractivity contribution is -0.140. The highest BCUT2D eigenvalue weighted by atomic mass is 32.1. The zero-order valence-corrected chi connectivity index (χ0v) is 25.1. The molecule has 5 rings (SSSR count). The number of benzene rings is 1. The van der Waals surface area contributed by atoms with Crippen molar-refractivity contribution in [3.8, 4) is 21.7 Å². The Bertz CT molecular complexity index is 1730. The summed E-state index contributed by atoms with van der Waals surface area (Å²) in [6.07, 6.45) is -0.386. The third-order valence-corrected chi connectivity index (χ3v) is 8.38. The fraction of sp³-hybridized carbons (Fsp3) is 0.367. The molecule has 4 heterocycles. The molecule has 14 heteroatoms. The smallest absolute Gasteiger partial charge is 0.345 e. The average Bonchev–Trinajstić information content (AvgIpc) is 3.52. The zero-order chi connectivity index (χ0) is 31.4. The summed E-state index contributed by atoms with van der Waals surface area (Å²) in [6, 6.07) is 6.10. The molecule has 1 fully saturated rings. The molecule has 1 aliphatic rings. The number of aldehydes is 1. The Kier molecular flexibility index (Phi) is 9.42. The Balaban J connectivity index is 1.56. The maximum atomic E-state index is 13.4. The van der Waals surface area contributed by atoms with Gasteiger partial charge < -0.3 is 14.8 Å². The van der Waals surface area contributed by atoms with Crippen molar-refractivity contribution in [3.63, 3.8) is 0 Å². The van der Waals surface area contributed by atoms with Crippen molar-refractivity contribution in [2.45, 2.75) is 26.1 Å². The van der Waals surface area contributed by atoms with E-state index in [1.165, 1.54) is 12.3 Å². The van der Waals surface area contributed by atoms with Gasteiger partial charge in [0.2, 0.25) is 0 Å². The first-order valence-corrected chi connectivity index (χ1v) is 15.1. The molecule has 4 aromatic rings. The van der Waals surface area contributed by atoms with Gasteiger partial charge in [-0.2, -0.15) is 13.2 Å². The second-order valence-electron chi connectivity index (χ2n) is 10.6. The van der Waals surface area contributed by atoms with E-state index in [0.717, 1.165) is 55.9 Å². The minimum absolute atomic E-state index is 0.0127. The normalized spacial score (nSPS) is 14.6. The van der Waals surface area contributed by atoms with Crippen LogP contribution >= 0.6 is 11.3 Å². The number of amides is 2. The SMILES string of the molecule is CCCNC(=O)Nc1cc(-c2nc(C(F)(F)F)cs2)c(-c2ccc3c(c2)c(=O)c(C=O)cn3CCN2CCN(C)CC2)cn1. The van der Waals surface area contributed by atoms with Crippen LogP contribution in [0.5, 0.6) is 0 Å². The van der Waals surface area contributed by atoms with Crippen LogP contribution in [0.15, 0.2) is 46.8 Å². The molecule has 1 saturated heterocycles. The summed E-state index contributed by atoms with van der Waals surface area (Å²) in [6.45, 7) is 7.41. The summed E-state index contributed by atoms with van der Waals surface area (Å²) in [4.78, 5) is 50.2. The summed E-state index contributed by atoms with van der Waals surface area (Å²) in [5, 5.41) is 6.56. The molecule has 0 bridgehead atoms. The Morgan fingerprint density at radius 1 is 1.11 bits per heavy atom. The minimum atomic E-state index is -4.63. The largest absolute Gasteiger partial charge is 0.434 e. The molecule has 2 amide bonds. The van der Waals surface area contributed by atoms with Crippen molar-refractivity contribution in [2.24, 2.45) is 0 Å². The Morgan fingerprint density at radius 2 is 1.89 bits per heavy atom. The molecule has 3 aromatic heterocycles. The summed E-state index contributed by atoms with van der Waals surface area (Å²) >= 11 is 0.808. The highest BCUT2D eigenvalue weighted by Gasteiger charge is 2.34. The van der Waals surface area contributed by atoms with Gasteiger partial charge in [-0.25, -0.2) is 14.8 Å². The summed E-state index contributed by atoms with van der Waals surface area (Å²) in [5.41, 5.74) is 0.374. The first-order valence-electron chi connectivity index (χ1n) is 14.2. The van der Waals surface area contributed by atoms with Crippen LogP contribution in [0, 0.1) is 0 Å². The highest BCUT2D eigenvalue weighted by molar-refractivity contribution is 7.13. The molecular formula is C30H32F3N7O3S. The van der Waals surface area contributed by atoms with Crippen LogP contribution < -0.4 is 16.1 Å². The van der Waals surface area contributed by atoms with Gasteiger partial charge in [0.25, 0.3) is 0 Å². The number of nitrogens with zero attached hydrogens (tertiary/aromatic N) is 5. The number of hydrogen-bond donors (Lipinski definition) is 2. The van der Waals surface area contributed by atoms with E-state index in [-0.39, 0.29) is 16.4 Å². The van der Waals surface area contributed by atoms with Gasteiger partial charge in [0.15, 0.2) is 17.4 Å². The molecule has 1 aromatic carbocycles. The highest BCUT2D eigenvalue weighted by Crippen LogP contribution is 2.39. The molecule has 0 unspecified atom stereocenters. The molecular weight excluding hydrogens is 595 g/mol. The predicted octanol–water partition coefficient (Wildman–Crippen LogP) is 4.80. The third-order valence-electron chi connectivity index (χ3n) is 7.50. The third kappa shape index (κ3) is 6.98. The van der Waals surface area contributed by atoms with Gasteiger partial charge >= 0.3 is 12.2 Å². The quantitative estimate of drug-likeness (QED) is 0.257. The lowest BCUT2D eigenvalue weighted by atomic mass is 9.99. The van der Waals surface area contributed by atoms with Crippen molar-refractivity contribution in [2.75, 3.05) is 51.6 Å². The van der Waals surface area contributed by atoms with Crippen molar-refractivity contribution in [1.82, 2.24) is 29.7 Å². The number of rotatable bonds is 9. The Hall–Kier alpha value is -4.14. The van der Waals surface area contributed by atoms with Gasteiger partial charge in [0.05, 0.1) is 11.1 Å². The van der Waals surface area contributed by atoms with Crippen LogP contribution in [0.1, 0.15) is 29.4 Å². The van der Waals surface area contributed by atoms with Crippen LogP contribution in [-0.2, 0) is 12.7 Å². The van der Waals surface area contributed by atoms with Gasteiger partial charge in [-0.05, 0) is 37.2 Å². The number of likely N-dealkylation sites (N-methyl/N-ethyl adjacent to an activating group) is 1. The van der Waals surface area contributed by atoms with E-state index in [2.05, 4.69) is 37.4 Å². The Labute approximate surface area is 255 Å². The number of urea groups is 1. The second-order valence-corrected chi connectivity index (χ2v) is 11.5. The van der Waals surface area contributed by atoms with Crippen molar-refractivity contribution < 1.29 is 22.8 Å². The molecule has 0 atom stereocenters. The van der Waals surface area contributed by atoms with Gasteiger partial charge in [0, 0.05) is 80.1 Å². The number of nitrogens with one attached hydrogen (secondary N) is 2. The van der Waals surface area contributed by atoms with Gasteiger partial charge in [-0.3, -0.25) is 19.8 Å². The topological polar surface area (TPSA) is 112 Å². The lowest BCUT2D eigenvalue weighted by Crippen LogP contribution is -2.45. The number of anilines is 1. The standard InChI is InChI=1S/C30H32F3N7O3S/c1-3-6-34-29(43)37-26-14-21(28-36-25(18-44-28)30(31,32)33)23(15-35-26)19-4-5-24-22(13-19)27(42)20(17-41)16-40(24)12-11-39-9-7-38(2)8-10-39/h4-5,13-18H,3,6-12H2,1-2H3,(H2,34,35,37,43). The fourth-order valence-electron chi connectivity index (χ4n) is 5.03. The summed E-state index contributed by atoms with van der Waals surface area (Å²) in [5.74, 6) is 0.122. The maximum Gasteiger partial charge on any atom is 0.434 e. The first kappa shape index (κ1) is 31.3. The van der Waals surface area contributed by atoms with E-state index in [1.54, 1.807) is 24.4 Å². The second kappa shape index (κ2) is 13.2. The number of carbonyl (C=O) groups is 2. The van der Waals surface area contributed by atoms with E-state index in [9.17, 15) is 27.6 Å². The van der Waals surface area contributed by atoms with Crippen LogP contribution in [0.4, 0.5) is 23.8 Å². The molecule has 1 aliphatic heterocycles. The van der Waals surface area contributed by atoms with Crippen LogP contribution in [0.25, 0.3) is 32.6 Å². The van der Waals surface area contributed by atoms with Crippen molar-refractivity contribution in [1.29, 1.82) is 0 Å². The summed E-state index contributed by atoms with van der Waals surface area (Å²) in [7, 11) is 2.08. The molecule has 0 radical (unpaired) electrons. The number of carbonyl (C=O) groups excluding carboxylic acids is 2. The van der Waals surface area contributed by atoms with E-state index in [1.807, 2.05) is 11.5 Å². The Morgan fingerprint density at radius 3 is 2.57 bits per heavy atom. The molecule has 10 nitrogen and oxygen atoms in total. The number of alkyl halides is 3. The number of fused-ring (bicyclic) bond motifs is 1. The minimum Gasteiger partial charge on any atom is -0.345 e. The van der Waals surface area contributed by atoms with Crippen LogP contribution in [0.3, 0.4) is 0 Å².